The highest BCUT2D eigenvalue weighted by Crippen LogP contribution is 2.25. The van der Waals surface area contributed by atoms with Crippen LogP contribution in [0.1, 0.15) is 49.8 Å². The zero-order valence-electron chi connectivity index (χ0n) is 18.8. The Morgan fingerprint density at radius 2 is 1.81 bits per heavy atom. The van der Waals surface area contributed by atoms with Gasteiger partial charge in [-0.2, -0.15) is 0 Å². The van der Waals surface area contributed by atoms with Gasteiger partial charge in [-0.05, 0) is 43.4 Å². The molecule has 2 heterocycles. The number of aliphatic imine (C=N–C) groups is 1. The lowest BCUT2D eigenvalue weighted by molar-refractivity contribution is 0.00810. The SMILES string of the molecule is I.OC1CCCCC1N1CCC(NC(=NCc2ccccc2)NCCc2ccco2)CC1. The lowest BCUT2D eigenvalue weighted by Gasteiger charge is -2.41. The van der Waals surface area contributed by atoms with Crippen LogP contribution in [-0.2, 0) is 13.0 Å². The number of nitrogens with zero attached hydrogens (tertiary/aromatic N) is 2. The topological polar surface area (TPSA) is 73.0 Å². The molecule has 2 unspecified atom stereocenters. The van der Waals surface area contributed by atoms with E-state index < -0.39 is 0 Å². The van der Waals surface area contributed by atoms with Crippen molar-refractivity contribution in [3.63, 3.8) is 0 Å². The monoisotopic (exact) mass is 552 g/mol. The van der Waals surface area contributed by atoms with Crippen molar-refractivity contribution in [3.8, 4) is 0 Å². The van der Waals surface area contributed by atoms with E-state index in [1.165, 1.54) is 18.4 Å². The van der Waals surface area contributed by atoms with Gasteiger partial charge in [0.25, 0.3) is 0 Å². The van der Waals surface area contributed by atoms with E-state index in [1.807, 2.05) is 18.2 Å². The first kappa shape index (κ1) is 25.1. The molecule has 32 heavy (non-hydrogen) atoms. The van der Waals surface area contributed by atoms with Crippen molar-refractivity contribution >= 4 is 29.9 Å². The fraction of sp³-hybridized carbons (Fsp3) is 0.560. The number of aliphatic hydroxyl groups is 1. The first-order chi connectivity index (χ1) is 15.3. The molecule has 7 heteroatoms. The molecule has 2 atom stereocenters. The highest BCUT2D eigenvalue weighted by Gasteiger charge is 2.31. The number of likely N-dealkylation sites (tertiary alicyclic amines) is 1. The van der Waals surface area contributed by atoms with Crippen LogP contribution in [0.4, 0.5) is 0 Å². The number of piperidine rings is 1. The van der Waals surface area contributed by atoms with Crippen LogP contribution in [0, 0.1) is 0 Å². The van der Waals surface area contributed by atoms with Gasteiger partial charge in [0, 0.05) is 38.1 Å². The predicted molar refractivity (Wildman–Crippen MR) is 139 cm³/mol. The number of hydrogen-bond donors (Lipinski definition) is 3. The molecule has 0 radical (unpaired) electrons. The van der Waals surface area contributed by atoms with Gasteiger partial charge < -0.3 is 20.2 Å². The van der Waals surface area contributed by atoms with E-state index in [-0.39, 0.29) is 30.1 Å². The third kappa shape index (κ3) is 7.49. The fourth-order valence-corrected chi connectivity index (χ4v) is 4.75. The van der Waals surface area contributed by atoms with Crippen molar-refractivity contribution in [2.24, 2.45) is 4.99 Å². The number of furan rings is 1. The van der Waals surface area contributed by atoms with E-state index in [2.05, 4.69) is 39.8 Å². The number of rotatable bonds is 7. The molecule has 6 nitrogen and oxygen atoms in total. The summed E-state index contributed by atoms with van der Waals surface area (Å²) in [4.78, 5) is 7.35. The van der Waals surface area contributed by atoms with E-state index in [4.69, 9.17) is 9.41 Å². The summed E-state index contributed by atoms with van der Waals surface area (Å²) in [6.45, 7) is 3.51. The zero-order valence-corrected chi connectivity index (χ0v) is 21.1. The molecular weight excluding hydrogens is 515 g/mol. The third-order valence-corrected chi connectivity index (χ3v) is 6.54. The van der Waals surface area contributed by atoms with Gasteiger partial charge in [-0.15, -0.1) is 24.0 Å². The van der Waals surface area contributed by atoms with Crippen LogP contribution in [0.3, 0.4) is 0 Å². The number of halogens is 1. The Labute approximate surface area is 208 Å². The smallest absolute Gasteiger partial charge is 0.191 e. The summed E-state index contributed by atoms with van der Waals surface area (Å²) in [5.41, 5.74) is 1.20. The summed E-state index contributed by atoms with van der Waals surface area (Å²) < 4.78 is 5.45. The van der Waals surface area contributed by atoms with Crippen molar-refractivity contribution in [1.29, 1.82) is 0 Å². The van der Waals surface area contributed by atoms with Crippen LogP contribution in [0.15, 0.2) is 58.1 Å². The molecule has 2 aromatic rings. The molecule has 1 aliphatic carbocycles. The van der Waals surface area contributed by atoms with E-state index in [0.29, 0.717) is 18.6 Å². The second-order valence-electron chi connectivity index (χ2n) is 8.78. The number of benzene rings is 1. The van der Waals surface area contributed by atoms with Crippen LogP contribution < -0.4 is 10.6 Å². The quantitative estimate of drug-likeness (QED) is 0.276. The van der Waals surface area contributed by atoms with Crippen LogP contribution >= 0.6 is 24.0 Å². The maximum absolute atomic E-state index is 10.4. The maximum Gasteiger partial charge on any atom is 0.191 e. The normalized spacial score (nSPS) is 22.8. The van der Waals surface area contributed by atoms with E-state index in [9.17, 15) is 5.11 Å². The predicted octanol–water partition coefficient (Wildman–Crippen LogP) is 3.94. The largest absolute Gasteiger partial charge is 0.469 e. The second kappa shape index (κ2) is 13.2. The fourth-order valence-electron chi connectivity index (χ4n) is 4.75. The summed E-state index contributed by atoms with van der Waals surface area (Å²) in [5.74, 6) is 1.85. The van der Waals surface area contributed by atoms with Gasteiger partial charge in [-0.1, -0.05) is 43.2 Å². The molecule has 1 saturated heterocycles. The van der Waals surface area contributed by atoms with Crippen LogP contribution in [0.25, 0.3) is 0 Å². The first-order valence-electron chi connectivity index (χ1n) is 11.8. The molecule has 1 saturated carbocycles. The number of guanidine groups is 1. The summed E-state index contributed by atoms with van der Waals surface area (Å²) in [6.07, 6.45) is 9.06. The molecule has 4 rings (SSSR count). The molecule has 1 aromatic heterocycles. The Balaban J connectivity index is 0.00000289. The molecule has 1 aliphatic heterocycles. The lowest BCUT2D eigenvalue weighted by atomic mass is 9.89. The number of aliphatic hydroxyl groups excluding tert-OH is 1. The van der Waals surface area contributed by atoms with Gasteiger partial charge in [-0.3, -0.25) is 4.90 Å². The van der Waals surface area contributed by atoms with Gasteiger partial charge >= 0.3 is 0 Å². The minimum atomic E-state index is -0.149. The Bertz CT molecular complexity index is 792. The van der Waals surface area contributed by atoms with Crippen molar-refractivity contribution < 1.29 is 9.52 Å². The molecule has 176 valence electrons. The van der Waals surface area contributed by atoms with Gasteiger partial charge in [0.1, 0.15) is 5.76 Å². The molecule has 2 aliphatic rings. The lowest BCUT2D eigenvalue weighted by Crippen LogP contribution is -2.53. The van der Waals surface area contributed by atoms with Gasteiger partial charge in [0.2, 0.25) is 0 Å². The van der Waals surface area contributed by atoms with E-state index in [0.717, 1.165) is 63.5 Å². The van der Waals surface area contributed by atoms with Gasteiger partial charge in [-0.25, -0.2) is 4.99 Å². The minimum absolute atomic E-state index is 0. The van der Waals surface area contributed by atoms with E-state index in [1.54, 1.807) is 6.26 Å². The Morgan fingerprint density at radius 3 is 2.53 bits per heavy atom. The van der Waals surface area contributed by atoms with Crippen LogP contribution in [0.5, 0.6) is 0 Å². The Hall–Kier alpha value is -1.58. The van der Waals surface area contributed by atoms with Crippen molar-refractivity contribution in [2.45, 2.75) is 69.7 Å². The number of hydrogen-bond acceptors (Lipinski definition) is 4. The first-order valence-corrected chi connectivity index (χ1v) is 11.8. The molecular formula is C25H37IN4O2. The zero-order chi connectivity index (χ0) is 21.3. The summed E-state index contributed by atoms with van der Waals surface area (Å²) in [6, 6.07) is 15.0. The third-order valence-electron chi connectivity index (χ3n) is 6.54. The average Bonchev–Trinajstić information content (AvgIpc) is 3.33. The maximum atomic E-state index is 10.4. The molecule has 3 N–H and O–H groups in total. The minimum Gasteiger partial charge on any atom is -0.469 e. The standard InChI is InChI=1S/C25H36N4O2.HI/c30-24-11-5-4-10-23(24)29-16-13-21(14-17-29)28-25(26-15-12-22-9-6-18-31-22)27-19-20-7-2-1-3-8-20;/h1-3,6-9,18,21,23-24,30H,4-5,10-17,19H2,(H2,26,27,28);1H. The summed E-state index contributed by atoms with van der Waals surface area (Å²) in [7, 11) is 0. The highest BCUT2D eigenvalue weighted by molar-refractivity contribution is 14.0. The molecule has 0 spiro atoms. The Morgan fingerprint density at radius 1 is 1.03 bits per heavy atom. The van der Waals surface area contributed by atoms with Crippen LogP contribution in [0.2, 0.25) is 0 Å². The van der Waals surface area contributed by atoms with Gasteiger partial charge in [0.15, 0.2) is 5.96 Å². The summed E-state index contributed by atoms with van der Waals surface area (Å²) in [5, 5.41) is 17.5. The van der Waals surface area contributed by atoms with Gasteiger partial charge in [0.05, 0.1) is 18.9 Å². The average molecular weight is 553 g/mol. The molecule has 0 amide bonds. The second-order valence-corrected chi connectivity index (χ2v) is 8.78. The molecule has 1 aromatic carbocycles. The highest BCUT2D eigenvalue weighted by atomic mass is 127. The molecule has 2 fully saturated rings. The summed E-state index contributed by atoms with van der Waals surface area (Å²) >= 11 is 0. The van der Waals surface area contributed by atoms with E-state index >= 15 is 0 Å². The van der Waals surface area contributed by atoms with Crippen molar-refractivity contribution in [1.82, 2.24) is 15.5 Å². The Kier molecular flexibility index (Phi) is 10.3. The van der Waals surface area contributed by atoms with Crippen molar-refractivity contribution in [3.05, 3.63) is 60.1 Å². The number of nitrogens with one attached hydrogen (secondary N) is 2. The van der Waals surface area contributed by atoms with Crippen LogP contribution in [-0.4, -0.2) is 53.8 Å². The van der Waals surface area contributed by atoms with Crippen molar-refractivity contribution in [2.75, 3.05) is 19.6 Å². The molecule has 0 bridgehead atoms.